The van der Waals surface area contributed by atoms with Crippen molar-refractivity contribution < 1.29 is 4.74 Å². The second-order valence-corrected chi connectivity index (χ2v) is 7.19. The summed E-state index contributed by atoms with van der Waals surface area (Å²) in [7, 11) is 0. The first-order valence-electron chi connectivity index (χ1n) is 9.67. The fraction of sp³-hybridized carbons (Fsp3) is 0.364. The van der Waals surface area contributed by atoms with E-state index < -0.39 is 0 Å². The van der Waals surface area contributed by atoms with E-state index in [1.807, 2.05) is 0 Å². The number of hydrogen-bond donors (Lipinski definition) is 2. The van der Waals surface area contributed by atoms with Gasteiger partial charge in [0.2, 0.25) is 0 Å². The van der Waals surface area contributed by atoms with Crippen molar-refractivity contribution in [3.8, 4) is 0 Å². The Hall–Kier alpha value is -2.50. The first-order chi connectivity index (χ1) is 13.3. The van der Waals surface area contributed by atoms with E-state index in [9.17, 15) is 0 Å². The summed E-state index contributed by atoms with van der Waals surface area (Å²) in [5.74, 6) is 0. The van der Waals surface area contributed by atoms with Gasteiger partial charge in [0.25, 0.3) is 0 Å². The average Bonchev–Trinajstić information content (AvgIpc) is 2.72. The van der Waals surface area contributed by atoms with Crippen LogP contribution in [0.3, 0.4) is 0 Å². The zero-order valence-electron chi connectivity index (χ0n) is 15.9. The van der Waals surface area contributed by atoms with E-state index >= 15 is 0 Å². The minimum absolute atomic E-state index is 0.159. The molecule has 1 atom stereocenters. The lowest BCUT2D eigenvalue weighted by atomic mass is 10.1. The van der Waals surface area contributed by atoms with Crippen LogP contribution in [0, 0.1) is 0 Å². The Balaban J connectivity index is 1.35. The number of nitrogens with zero attached hydrogens (tertiary/aromatic N) is 2. The number of rotatable bonds is 5. The molecule has 5 heteroatoms. The van der Waals surface area contributed by atoms with Crippen LogP contribution in [-0.2, 0) is 11.3 Å². The van der Waals surface area contributed by atoms with Crippen molar-refractivity contribution in [3.63, 3.8) is 0 Å². The van der Waals surface area contributed by atoms with Crippen molar-refractivity contribution in [2.75, 3.05) is 43.2 Å². The SMILES string of the molecule is CC1=CN(Cc2ccccc2)CNC1Nc1ccc(N2CCOCC2)cc1. The fourth-order valence-electron chi connectivity index (χ4n) is 3.62. The monoisotopic (exact) mass is 364 g/mol. The molecular weight excluding hydrogens is 336 g/mol. The Labute approximate surface area is 161 Å². The summed E-state index contributed by atoms with van der Waals surface area (Å²) in [5, 5.41) is 7.18. The van der Waals surface area contributed by atoms with Crippen molar-refractivity contribution in [1.29, 1.82) is 0 Å². The minimum Gasteiger partial charge on any atom is -0.378 e. The van der Waals surface area contributed by atoms with Crippen LogP contribution in [0.4, 0.5) is 11.4 Å². The van der Waals surface area contributed by atoms with Crippen LogP contribution in [0.25, 0.3) is 0 Å². The van der Waals surface area contributed by atoms with Gasteiger partial charge >= 0.3 is 0 Å². The fourth-order valence-corrected chi connectivity index (χ4v) is 3.62. The summed E-state index contributed by atoms with van der Waals surface area (Å²) in [6, 6.07) is 19.3. The summed E-state index contributed by atoms with van der Waals surface area (Å²) in [5.41, 5.74) is 5.01. The molecule has 142 valence electrons. The first kappa shape index (κ1) is 17.9. The van der Waals surface area contributed by atoms with Crippen molar-refractivity contribution in [2.45, 2.75) is 19.6 Å². The molecule has 4 rings (SSSR count). The number of anilines is 2. The molecule has 5 nitrogen and oxygen atoms in total. The van der Waals surface area contributed by atoms with Gasteiger partial charge in [-0.3, -0.25) is 5.32 Å². The van der Waals surface area contributed by atoms with Gasteiger partial charge in [0.15, 0.2) is 0 Å². The summed E-state index contributed by atoms with van der Waals surface area (Å²) >= 11 is 0. The van der Waals surface area contributed by atoms with Crippen molar-refractivity contribution in [1.82, 2.24) is 10.2 Å². The van der Waals surface area contributed by atoms with Gasteiger partial charge in [0.05, 0.1) is 19.9 Å². The van der Waals surface area contributed by atoms with E-state index in [1.165, 1.54) is 16.8 Å². The van der Waals surface area contributed by atoms with E-state index in [2.05, 4.69) is 88.2 Å². The predicted octanol–water partition coefficient (Wildman–Crippen LogP) is 3.23. The maximum Gasteiger partial charge on any atom is 0.102 e. The molecule has 0 aliphatic carbocycles. The third kappa shape index (κ3) is 4.62. The van der Waals surface area contributed by atoms with Crippen LogP contribution in [0.2, 0.25) is 0 Å². The second-order valence-electron chi connectivity index (χ2n) is 7.19. The van der Waals surface area contributed by atoms with Crippen LogP contribution in [0.15, 0.2) is 66.4 Å². The van der Waals surface area contributed by atoms with Crippen molar-refractivity contribution >= 4 is 11.4 Å². The van der Waals surface area contributed by atoms with Crippen molar-refractivity contribution in [3.05, 3.63) is 71.9 Å². The Bertz CT molecular complexity index is 754. The van der Waals surface area contributed by atoms with E-state index in [0.717, 1.165) is 45.2 Å². The van der Waals surface area contributed by atoms with Crippen LogP contribution < -0.4 is 15.5 Å². The molecule has 2 N–H and O–H groups in total. The average molecular weight is 364 g/mol. The number of ether oxygens (including phenoxy) is 1. The van der Waals surface area contributed by atoms with Gasteiger partial charge in [0, 0.05) is 37.2 Å². The highest BCUT2D eigenvalue weighted by Gasteiger charge is 2.18. The van der Waals surface area contributed by atoms with Crippen LogP contribution in [-0.4, -0.2) is 44.0 Å². The van der Waals surface area contributed by atoms with Gasteiger partial charge in [-0.2, -0.15) is 0 Å². The molecule has 2 aliphatic heterocycles. The summed E-state index contributed by atoms with van der Waals surface area (Å²) in [6.45, 7) is 7.49. The molecule has 0 radical (unpaired) electrons. The van der Waals surface area contributed by atoms with E-state index in [4.69, 9.17) is 4.74 Å². The highest BCUT2D eigenvalue weighted by atomic mass is 16.5. The molecule has 2 aromatic rings. The topological polar surface area (TPSA) is 39.8 Å². The lowest BCUT2D eigenvalue weighted by molar-refractivity contribution is 0.122. The van der Waals surface area contributed by atoms with Crippen LogP contribution in [0.5, 0.6) is 0 Å². The van der Waals surface area contributed by atoms with E-state index in [1.54, 1.807) is 0 Å². The van der Waals surface area contributed by atoms with E-state index in [0.29, 0.717) is 0 Å². The van der Waals surface area contributed by atoms with Crippen LogP contribution >= 0.6 is 0 Å². The zero-order valence-corrected chi connectivity index (χ0v) is 15.9. The molecule has 0 aromatic heterocycles. The Morgan fingerprint density at radius 1 is 1.04 bits per heavy atom. The van der Waals surface area contributed by atoms with Crippen molar-refractivity contribution in [2.24, 2.45) is 0 Å². The highest BCUT2D eigenvalue weighted by Crippen LogP contribution is 2.21. The van der Waals surface area contributed by atoms with Crippen LogP contribution in [0.1, 0.15) is 12.5 Å². The summed E-state index contributed by atoms with van der Waals surface area (Å²) in [4.78, 5) is 4.68. The van der Waals surface area contributed by atoms with Gasteiger partial charge in [-0.05, 0) is 42.3 Å². The number of hydrogen-bond acceptors (Lipinski definition) is 5. The molecule has 1 fully saturated rings. The maximum absolute atomic E-state index is 5.43. The number of benzene rings is 2. The normalized spacial score (nSPS) is 20.3. The largest absolute Gasteiger partial charge is 0.378 e. The molecule has 1 unspecified atom stereocenters. The molecule has 2 aliphatic rings. The second kappa shape index (κ2) is 8.46. The highest BCUT2D eigenvalue weighted by molar-refractivity contribution is 5.56. The molecule has 27 heavy (non-hydrogen) atoms. The molecule has 0 saturated carbocycles. The van der Waals surface area contributed by atoms with Gasteiger partial charge in [-0.25, -0.2) is 0 Å². The molecule has 2 aromatic carbocycles. The lowest BCUT2D eigenvalue weighted by Crippen LogP contribution is -2.46. The molecule has 0 amide bonds. The van der Waals surface area contributed by atoms with E-state index in [-0.39, 0.29) is 6.17 Å². The quantitative estimate of drug-likeness (QED) is 0.852. The Morgan fingerprint density at radius 2 is 1.78 bits per heavy atom. The predicted molar refractivity (Wildman–Crippen MR) is 111 cm³/mol. The summed E-state index contributed by atoms with van der Waals surface area (Å²) < 4.78 is 5.43. The third-order valence-electron chi connectivity index (χ3n) is 5.12. The third-order valence-corrected chi connectivity index (χ3v) is 5.12. The van der Waals surface area contributed by atoms with Gasteiger partial charge in [-0.1, -0.05) is 30.3 Å². The molecule has 0 spiro atoms. The standard InChI is InChI=1S/C22H28N4O/c1-18-15-25(16-19-5-3-2-4-6-19)17-23-22(18)24-20-7-9-21(10-8-20)26-11-13-27-14-12-26/h2-10,15,22-24H,11-14,16-17H2,1H3. The van der Waals surface area contributed by atoms with Gasteiger partial charge in [0.1, 0.15) is 6.17 Å². The number of nitrogens with one attached hydrogen (secondary N) is 2. The molecule has 0 bridgehead atoms. The maximum atomic E-state index is 5.43. The zero-order chi connectivity index (χ0) is 18.5. The smallest absolute Gasteiger partial charge is 0.102 e. The lowest BCUT2D eigenvalue weighted by Gasteiger charge is -2.33. The van der Waals surface area contributed by atoms with Gasteiger partial charge < -0.3 is 19.9 Å². The molecular formula is C22H28N4O. The van der Waals surface area contributed by atoms with Gasteiger partial charge in [-0.15, -0.1) is 0 Å². The Morgan fingerprint density at radius 3 is 2.48 bits per heavy atom. The number of morpholine rings is 1. The first-order valence-corrected chi connectivity index (χ1v) is 9.67. The molecule has 2 heterocycles. The minimum atomic E-state index is 0.159. The molecule has 1 saturated heterocycles. The summed E-state index contributed by atoms with van der Waals surface area (Å²) in [6.07, 6.45) is 2.41. The Kier molecular flexibility index (Phi) is 5.61.